The molecule has 2 aromatic carbocycles. The summed E-state index contributed by atoms with van der Waals surface area (Å²) in [6.07, 6.45) is 3.53. The number of nitrogens with zero attached hydrogens (tertiary/aromatic N) is 3. The van der Waals surface area contributed by atoms with Gasteiger partial charge < -0.3 is 13.7 Å². The third-order valence-electron chi connectivity index (χ3n) is 5.08. The lowest BCUT2D eigenvalue weighted by Crippen LogP contribution is -2.05. The van der Waals surface area contributed by atoms with E-state index in [0.29, 0.717) is 23.9 Å². The normalized spacial score (nSPS) is 11.3. The maximum absolute atomic E-state index is 11.3. The predicted octanol–water partition coefficient (Wildman–Crippen LogP) is 3.74. The first-order chi connectivity index (χ1) is 14.6. The summed E-state index contributed by atoms with van der Waals surface area (Å²) in [5.41, 5.74) is 3.34. The highest BCUT2D eigenvalue weighted by Gasteiger charge is 2.19. The van der Waals surface area contributed by atoms with Crippen molar-refractivity contribution >= 4 is 11.0 Å². The van der Waals surface area contributed by atoms with E-state index >= 15 is 0 Å². The number of aromatic amines is 2. The van der Waals surface area contributed by atoms with E-state index in [9.17, 15) is 4.79 Å². The zero-order chi connectivity index (χ0) is 20.7. The third-order valence-corrected chi connectivity index (χ3v) is 5.08. The van der Waals surface area contributed by atoms with Gasteiger partial charge in [0.1, 0.15) is 22.9 Å². The molecule has 30 heavy (non-hydrogen) atoms. The van der Waals surface area contributed by atoms with E-state index < -0.39 is 0 Å². The van der Waals surface area contributed by atoms with Gasteiger partial charge in [-0.25, -0.2) is 14.9 Å². The first-order valence-corrected chi connectivity index (χ1v) is 9.45. The number of benzene rings is 2. The van der Waals surface area contributed by atoms with Crippen LogP contribution in [-0.2, 0) is 6.54 Å². The second-order valence-electron chi connectivity index (χ2n) is 6.95. The van der Waals surface area contributed by atoms with Crippen LogP contribution in [0.25, 0.3) is 33.5 Å². The topological polar surface area (TPSA) is 102 Å². The molecule has 0 bridgehead atoms. The highest BCUT2D eigenvalue weighted by atomic mass is 16.5. The van der Waals surface area contributed by atoms with Gasteiger partial charge >= 0.3 is 5.69 Å². The average Bonchev–Trinajstić information content (AvgIpc) is 3.46. The van der Waals surface area contributed by atoms with E-state index in [1.165, 1.54) is 0 Å². The van der Waals surface area contributed by atoms with Gasteiger partial charge in [-0.05, 0) is 24.6 Å². The molecule has 150 valence electrons. The van der Waals surface area contributed by atoms with E-state index in [4.69, 9.17) is 9.15 Å². The second kappa shape index (κ2) is 7.07. The summed E-state index contributed by atoms with van der Waals surface area (Å²) in [6, 6.07) is 14.1. The van der Waals surface area contributed by atoms with Crippen molar-refractivity contribution in [2.75, 3.05) is 7.11 Å². The SMILES string of the molecule is COc1cc2c(-c3ccccc3)c(C)oc2cc1-c1nccn1Cc1n[nH]c(=O)[nH]1. The molecule has 8 nitrogen and oxygen atoms in total. The first-order valence-electron chi connectivity index (χ1n) is 9.45. The zero-order valence-electron chi connectivity index (χ0n) is 16.5. The Morgan fingerprint density at radius 3 is 2.77 bits per heavy atom. The number of nitrogens with one attached hydrogen (secondary N) is 2. The van der Waals surface area contributed by atoms with Crippen LogP contribution in [0, 0.1) is 6.92 Å². The molecular weight excluding hydrogens is 382 g/mol. The largest absolute Gasteiger partial charge is 0.496 e. The molecule has 0 saturated carbocycles. The van der Waals surface area contributed by atoms with E-state index in [1.807, 2.05) is 48.0 Å². The van der Waals surface area contributed by atoms with Crippen molar-refractivity contribution < 1.29 is 9.15 Å². The Kier molecular flexibility index (Phi) is 4.24. The van der Waals surface area contributed by atoms with Crippen LogP contribution in [-0.4, -0.2) is 31.8 Å². The van der Waals surface area contributed by atoms with Gasteiger partial charge in [0, 0.05) is 23.3 Å². The number of furan rings is 1. The minimum Gasteiger partial charge on any atom is -0.496 e. The number of ether oxygens (including phenoxy) is 1. The monoisotopic (exact) mass is 401 g/mol. The van der Waals surface area contributed by atoms with Crippen LogP contribution in [0.2, 0.25) is 0 Å². The van der Waals surface area contributed by atoms with Crippen LogP contribution in [0.1, 0.15) is 11.6 Å². The number of H-pyrrole nitrogens is 2. The van der Waals surface area contributed by atoms with Gasteiger partial charge in [0.05, 0.1) is 19.2 Å². The summed E-state index contributed by atoms with van der Waals surface area (Å²) in [5.74, 6) is 2.73. The van der Waals surface area contributed by atoms with Crippen LogP contribution < -0.4 is 10.4 Å². The summed E-state index contributed by atoms with van der Waals surface area (Å²) in [7, 11) is 1.64. The van der Waals surface area contributed by atoms with Crippen molar-refractivity contribution in [2.24, 2.45) is 0 Å². The van der Waals surface area contributed by atoms with E-state index in [0.717, 1.165) is 33.4 Å². The molecule has 0 aliphatic rings. The molecule has 0 aliphatic heterocycles. The number of imidazole rings is 1. The third kappa shape index (κ3) is 2.98. The van der Waals surface area contributed by atoms with Crippen LogP contribution in [0.4, 0.5) is 0 Å². The lowest BCUT2D eigenvalue weighted by Gasteiger charge is -2.11. The summed E-state index contributed by atoms with van der Waals surface area (Å²) < 4.78 is 13.7. The molecule has 3 aromatic heterocycles. The maximum Gasteiger partial charge on any atom is 0.340 e. The fourth-order valence-corrected chi connectivity index (χ4v) is 3.78. The molecular formula is C22H19N5O3. The number of methoxy groups -OCH3 is 1. The zero-order valence-corrected chi connectivity index (χ0v) is 16.5. The molecule has 0 spiro atoms. The molecule has 3 heterocycles. The molecule has 0 radical (unpaired) electrons. The summed E-state index contributed by atoms with van der Waals surface area (Å²) >= 11 is 0. The molecule has 0 aliphatic carbocycles. The minimum absolute atomic E-state index is 0.342. The van der Waals surface area contributed by atoms with Crippen molar-refractivity contribution in [3.05, 3.63) is 76.9 Å². The second-order valence-corrected chi connectivity index (χ2v) is 6.95. The molecule has 8 heteroatoms. The smallest absolute Gasteiger partial charge is 0.340 e. The van der Waals surface area contributed by atoms with Gasteiger partial charge in [-0.2, -0.15) is 5.10 Å². The standard InChI is InChI=1S/C22H19N5O3/c1-13-20(14-6-4-3-5-7-14)15-10-17(29-2)16(11-18(15)30-13)21-23-8-9-27(21)12-19-24-22(28)26-25-19/h3-11H,12H2,1-2H3,(H2,24,25,26,28). The number of hydrogen-bond donors (Lipinski definition) is 2. The summed E-state index contributed by atoms with van der Waals surface area (Å²) in [4.78, 5) is 18.5. The van der Waals surface area contributed by atoms with Gasteiger partial charge in [0.2, 0.25) is 0 Å². The Morgan fingerprint density at radius 2 is 2.03 bits per heavy atom. The maximum atomic E-state index is 11.3. The fourth-order valence-electron chi connectivity index (χ4n) is 3.78. The Balaban J connectivity index is 1.65. The van der Waals surface area contributed by atoms with Gasteiger partial charge in [0.25, 0.3) is 0 Å². The molecule has 5 aromatic rings. The van der Waals surface area contributed by atoms with Crippen LogP contribution in [0.5, 0.6) is 5.75 Å². The van der Waals surface area contributed by atoms with Crippen molar-refractivity contribution in [1.82, 2.24) is 24.7 Å². The van der Waals surface area contributed by atoms with Crippen molar-refractivity contribution in [3.8, 4) is 28.3 Å². The van der Waals surface area contributed by atoms with Crippen LogP contribution >= 0.6 is 0 Å². The van der Waals surface area contributed by atoms with Crippen molar-refractivity contribution in [3.63, 3.8) is 0 Å². The number of rotatable bonds is 5. The van der Waals surface area contributed by atoms with Crippen LogP contribution in [0.15, 0.2) is 64.1 Å². The lowest BCUT2D eigenvalue weighted by molar-refractivity contribution is 0.416. The van der Waals surface area contributed by atoms with Gasteiger partial charge in [-0.3, -0.25) is 4.98 Å². The average molecular weight is 401 g/mol. The van der Waals surface area contributed by atoms with Crippen LogP contribution in [0.3, 0.4) is 0 Å². The molecule has 0 fully saturated rings. The molecule has 2 N–H and O–H groups in total. The van der Waals surface area contributed by atoms with Crippen molar-refractivity contribution in [1.29, 1.82) is 0 Å². The van der Waals surface area contributed by atoms with E-state index in [1.54, 1.807) is 13.3 Å². The molecule has 0 amide bonds. The number of fused-ring (bicyclic) bond motifs is 1. The lowest BCUT2D eigenvalue weighted by atomic mass is 10.0. The highest BCUT2D eigenvalue weighted by Crippen LogP contribution is 2.40. The summed E-state index contributed by atoms with van der Waals surface area (Å²) in [6.45, 7) is 2.32. The minimum atomic E-state index is -0.342. The van der Waals surface area contributed by atoms with E-state index in [-0.39, 0.29) is 5.69 Å². The molecule has 0 unspecified atom stereocenters. The Morgan fingerprint density at radius 1 is 1.20 bits per heavy atom. The van der Waals surface area contributed by atoms with E-state index in [2.05, 4.69) is 32.3 Å². The molecule has 0 atom stereocenters. The first kappa shape index (κ1) is 18.0. The Hall–Kier alpha value is -4.07. The fraction of sp³-hybridized carbons (Fsp3) is 0.136. The predicted molar refractivity (Wildman–Crippen MR) is 112 cm³/mol. The number of aromatic nitrogens is 5. The number of aryl methyl sites for hydroxylation is 1. The van der Waals surface area contributed by atoms with Gasteiger partial charge in [-0.15, -0.1) is 0 Å². The Bertz CT molecular complexity index is 1390. The van der Waals surface area contributed by atoms with Gasteiger partial charge in [-0.1, -0.05) is 30.3 Å². The summed E-state index contributed by atoms with van der Waals surface area (Å²) in [5, 5.41) is 7.33. The highest BCUT2D eigenvalue weighted by molar-refractivity contribution is 5.99. The van der Waals surface area contributed by atoms with Crippen molar-refractivity contribution in [2.45, 2.75) is 13.5 Å². The number of hydrogen-bond acceptors (Lipinski definition) is 5. The van der Waals surface area contributed by atoms with Gasteiger partial charge in [0.15, 0.2) is 5.82 Å². The Labute approximate surface area is 171 Å². The molecule has 0 saturated heterocycles. The quantitative estimate of drug-likeness (QED) is 0.467. The molecule has 5 rings (SSSR count).